The normalized spacial score (nSPS) is 13.3. The third-order valence-electron chi connectivity index (χ3n) is 5.94. The maximum atomic E-state index is 13.0. The molecule has 0 bridgehead atoms. The van der Waals surface area contributed by atoms with Gasteiger partial charge in [0.1, 0.15) is 11.7 Å². The van der Waals surface area contributed by atoms with Crippen LogP contribution in [-0.4, -0.2) is 54.8 Å². The summed E-state index contributed by atoms with van der Waals surface area (Å²) in [7, 11) is 0. The van der Waals surface area contributed by atoms with Crippen molar-refractivity contribution in [3.8, 4) is 17.4 Å². The van der Waals surface area contributed by atoms with Crippen LogP contribution in [0.5, 0.6) is 0 Å². The molecule has 3 aromatic rings. The summed E-state index contributed by atoms with van der Waals surface area (Å²) in [5.74, 6) is -0.511. The second-order valence-electron chi connectivity index (χ2n) is 10.3. The van der Waals surface area contributed by atoms with Gasteiger partial charge in [-0.3, -0.25) is 14.9 Å². The van der Waals surface area contributed by atoms with Gasteiger partial charge in [-0.15, -0.1) is 0 Å². The van der Waals surface area contributed by atoms with E-state index in [9.17, 15) is 19.6 Å². The molecule has 40 heavy (non-hydrogen) atoms. The first kappa shape index (κ1) is 28.3. The molecule has 1 aliphatic heterocycles. The minimum Gasteiger partial charge on any atom is -0.444 e. The Morgan fingerprint density at radius 2 is 1.80 bits per heavy atom. The van der Waals surface area contributed by atoms with Crippen molar-refractivity contribution >= 4 is 34.8 Å². The number of aryl methyl sites for hydroxylation is 1. The van der Waals surface area contributed by atoms with Crippen LogP contribution in [-0.2, 0) is 14.3 Å². The number of carbonyl (C=O) groups is 3. The molecule has 11 nitrogen and oxygen atoms in total. The van der Waals surface area contributed by atoms with Gasteiger partial charge in [0, 0.05) is 30.3 Å². The fourth-order valence-corrected chi connectivity index (χ4v) is 4.15. The van der Waals surface area contributed by atoms with Crippen LogP contribution in [0.25, 0.3) is 11.3 Å². The lowest BCUT2D eigenvalue weighted by molar-refractivity contribution is -0.115. The number of aromatic nitrogens is 1. The predicted molar refractivity (Wildman–Crippen MR) is 148 cm³/mol. The maximum Gasteiger partial charge on any atom is 0.412 e. The Bertz CT molecular complexity index is 1460. The van der Waals surface area contributed by atoms with Gasteiger partial charge in [0.05, 0.1) is 48.0 Å². The van der Waals surface area contributed by atoms with Crippen LogP contribution < -0.4 is 15.5 Å². The number of morpholine rings is 1. The fraction of sp³-hybridized carbons (Fsp3) is 0.345. The summed E-state index contributed by atoms with van der Waals surface area (Å²) in [4.78, 5) is 40.5. The number of rotatable bonds is 7. The van der Waals surface area contributed by atoms with Gasteiger partial charge in [-0.25, -0.2) is 4.79 Å². The zero-order valence-corrected chi connectivity index (χ0v) is 22.9. The van der Waals surface area contributed by atoms with E-state index in [-0.39, 0.29) is 11.4 Å². The molecule has 2 heterocycles. The second kappa shape index (κ2) is 12.0. The van der Waals surface area contributed by atoms with Crippen LogP contribution in [0.2, 0.25) is 0 Å². The molecule has 0 atom stereocenters. The number of nitrogens with one attached hydrogen (secondary N) is 2. The molecule has 1 aliphatic rings. The Labute approximate surface area is 232 Å². The fourth-order valence-electron chi connectivity index (χ4n) is 4.15. The first-order valence-corrected chi connectivity index (χ1v) is 12.8. The van der Waals surface area contributed by atoms with Crippen molar-refractivity contribution in [3.63, 3.8) is 0 Å². The van der Waals surface area contributed by atoms with Gasteiger partial charge >= 0.3 is 6.09 Å². The summed E-state index contributed by atoms with van der Waals surface area (Å²) in [5, 5.41) is 19.1. The molecule has 1 fully saturated rings. The molecule has 2 N–H and O–H groups in total. The highest BCUT2D eigenvalue weighted by molar-refractivity contribution is 6.12. The molecule has 0 spiro atoms. The molecule has 2 aromatic carbocycles. The third-order valence-corrected chi connectivity index (χ3v) is 5.94. The standard InChI is InChI=1S/C29H31N5O6/c1-18-12-26(40-33-18)20-7-5-6-19(13-20)25(35)16-27(36)31-22-14-21(17-30)24(34-8-10-38-11-9-34)15-23(22)32-28(37)39-29(2,3)4/h5-7,12-15H,8-11,16H2,1-4H3,(H,31,36)(H,32,37). The number of nitrogens with zero attached hydrogens (tertiary/aromatic N) is 3. The van der Waals surface area contributed by atoms with Crippen LogP contribution in [0.3, 0.4) is 0 Å². The van der Waals surface area contributed by atoms with Crippen molar-refractivity contribution in [3.05, 3.63) is 59.3 Å². The van der Waals surface area contributed by atoms with E-state index in [2.05, 4.69) is 21.9 Å². The van der Waals surface area contributed by atoms with Gasteiger partial charge in [-0.1, -0.05) is 23.4 Å². The van der Waals surface area contributed by atoms with E-state index in [1.54, 1.807) is 64.1 Å². The highest BCUT2D eigenvalue weighted by Crippen LogP contribution is 2.33. The van der Waals surface area contributed by atoms with Crippen molar-refractivity contribution in [2.24, 2.45) is 0 Å². The number of benzene rings is 2. The summed E-state index contributed by atoms with van der Waals surface area (Å²) in [6.45, 7) is 9.12. The molecular formula is C29H31N5O6. The minimum atomic E-state index is -0.751. The van der Waals surface area contributed by atoms with E-state index in [0.717, 1.165) is 0 Å². The van der Waals surface area contributed by atoms with Gasteiger partial charge in [0.15, 0.2) is 11.5 Å². The predicted octanol–water partition coefficient (Wildman–Crippen LogP) is 4.92. The van der Waals surface area contributed by atoms with Crippen LogP contribution in [0.1, 0.15) is 48.8 Å². The number of carbonyl (C=O) groups excluding carboxylic acids is 3. The molecule has 208 valence electrons. The molecule has 1 saturated heterocycles. The molecule has 0 radical (unpaired) electrons. The van der Waals surface area contributed by atoms with Crippen molar-refractivity contribution in [1.82, 2.24) is 5.16 Å². The number of ether oxygens (including phenoxy) is 2. The number of Topliss-reactive ketones (excluding diaryl/α,β-unsaturated/α-hetero) is 1. The summed E-state index contributed by atoms with van der Waals surface area (Å²) in [6, 6.07) is 13.7. The van der Waals surface area contributed by atoms with Gasteiger partial charge in [0.25, 0.3) is 0 Å². The first-order chi connectivity index (χ1) is 19.0. The number of anilines is 3. The minimum absolute atomic E-state index is 0.170. The molecule has 0 unspecified atom stereocenters. The molecule has 0 aliphatic carbocycles. The lowest BCUT2D eigenvalue weighted by Gasteiger charge is -2.30. The highest BCUT2D eigenvalue weighted by atomic mass is 16.6. The molecule has 4 rings (SSSR count). The van der Waals surface area contributed by atoms with E-state index >= 15 is 0 Å². The summed E-state index contributed by atoms with van der Waals surface area (Å²) >= 11 is 0. The third kappa shape index (κ3) is 7.24. The van der Waals surface area contributed by atoms with E-state index in [0.29, 0.717) is 60.1 Å². The summed E-state index contributed by atoms with van der Waals surface area (Å²) in [6.07, 6.45) is -1.19. The Hall–Kier alpha value is -4.69. The topological polar surface area (TPSA) is 147 Å². The van der Waals surface area contributed by atoms with Crippen molar-refractivity contribution < 1.29 is 28.4 Å². The quantitative estimate of drug-likeness (QED) is 0.312. The Morgan fingerprint density at radius 3 is 2.45 bits per heavy atom. The number of ketones is 1. The average molecular weight is 546 g/mol. The lowest BCUT2D eigenvalue weighted by atomic mass is 10.0. The number of hydrogen-bond acceptors (Lipinski definition) is 9. The average Bonchev–Trinajstić information content (AvgIpc) is 3.35. The van der Waals surface area contributed by atoms with Crippen LogP contribution in [0.4, 0.5) is 21.9 Å². The maximum absolute atomic E-state index is 13.0. The Morgan fingerprint density at radius 1 is 1.07 bits per heavy atom. The smallest absolute Gasteiger partial charge is 0.412 e. The van der Waals surface area contributed by atoms with E-state index in [1.165, 1.54) is 6.07 Å². The van der Waals surface area contributed by atoms with Crippen molar-refractivity contribution in [1.29, 1.82) is 5.26 Å². The summed E-state index contributed by atoms with van der Waals surface area (Å²) in [5.41, 5.74) is 2.24. The zero-order valence-electron chi connectivity index (χ0n) is 22.9. The van der Waals surface area contributed by atoms with Crippen molar-refractivity contribution in [2.75, 3.05) is 41.8 Å². The van der Waals surface area contributed by atoms with Crippen molar-refractivity contribution in [2.45, 2.75) is 39.7 Å². The molecular weight excluding hydrogens is 514 g/mol. The van der Waals surface area contributed by atoms with Crippen LogP contribution in [0, 0.1) is 18.3 Å². The van der Waals surface area contributed by atoms with Gasteiger partial charge in [-0.2, -0.15) is 5.26 Å². The van der Waals surface area contributed by atoms with Gasteiger partial charge in [-0.05, 0) is 45.9 Å². The van der Waals surface area contributed by atoms with E-state index in [4.69, 9.17) is 14.0 Å². The lowest BCUT2D eigenvalue weighted by Crippen LogP contribution is -2.36. The Kier molecular flexibility index (Phi) is 8.50. The highest BCUT2D eigenvalue weighted by Gasteiger charge is 2.23. The largest absolute Gasteiger partial charge is 0.444 e. The number of hydrogen-bond donors (Lipinski definition) is 2. The molecule has 11 heteroatoms. The van der Waals surface area contributed by atoms with E-state index in [1.807, 2.05) is 4.90 Å². The van der Waals surface area contributed by atoms with Gasteiger partial charge < -0.3 is 24.2 Å². The summed E-state index contributed by atoms with van der Waals surface area (Å²) < 4.78 is 16.1. The zero-order chi connectivity index (χ0) is 28.9. The molecule has 0 saturated carbocycles. The number of nitriles is 1. The monoisotopic (exact) mass is 545 g/mol. The molecule has 1 aromatic heterocycles. The SMILES string of the molecule is Cc1cc(-c2cccc(C(=O)CC(=O)Nc3cc(C#N)c(N4CCOCC4)cc3NC(=O)OC(C)(C)C)c2)on1. The second-order valence-corrected chi connectivity index (χ2v) is 10.3. The Balaban J connectivity index is 1.56. The number of amides is 2. The molecule has 2 amide bonds. The first-order valence-electron chi connectivity index (χ1n) is 12.8. The van der Waals surface area contributed by atoms with Gasteiger partial charge in [0.2, 0.25) is 5.91 Å². The van der Waals surface area contributed by atoms with Crippen LogP contribution >= 0.6 is 0 Å². The van der Waals surface area contributed by atoms with E-state index < -0.39 is 29.8 Å². The van der Waals surface area contributed by atoms with Crippen LogP contribution in [0.15, 0.2) is 47.0 Å².